The molecule has 1 N–H and O–H groups in total. The van der Waals surface area contributed by atoms with Gasteiger partial charge in [-0.3, -0.25) is 0 Å². The SMILES string of the molecule is CCNc1cc(Cl)nc(OC)n1. The summed E-state index contributed by atoms with van der Waals surface area (Å²) in [5.74, 6) is 0.675. The lowest BCUT2D eigenvalue weighted by Gasteiger charge is -2.03. The van der Waals surface area contributed by atoms with Crippen LogP contribution in [-0.4, -0.2) is 23.6 Å². The maximum atomic E-state index is 5.69. The zero-order valence-electron chi connectivity index (χ0n) is 6.97. The average molecular weight is 188 g/mol. The molecule has 0 bridgehead atoms. The molecule has 0 amide bonds. The van der Waals surface area contributed by atoms with E-state index in [1.54, 1.807) is 6.07 Å². The zero-order valence-corrected chi connectivity index (χ0v) is 7.72. The fourth-order valence-electron chi connectivity index (χ4n) is 0.760. The minimum atomic E-state index is 0.276. The number of hydrogen-bond donors (Lipinski definition) is 1. The maximum absolute atomic E-state index is 5.69. The Morgan fingerprint density at radius 3 is 2.92 bits per heavy atom. The monoisotopic (exact) mass is 187 g/mol. The van der Waals surface area contributed by atoms with E-state index in [9.17, 15) is 0 Å². The van der Waals surface area contributed by atoms with E-state index in [4.69, 9.17) is 16.3 Å². The number of aromatic nitrogens is 2. The van der Waals surface area contributed by atoms with Crippen LogP contribution in [0.25, 0.3) is 0 Å². The summed E-state index contributed by atoms with van der Waals surface area (Å²) in [6.07, 6.45) is 0. The third-order valence-corrected chi connectivity index (χ3v) is 1.41. The number of nitrogens with zero attached hydrogens (tertiary/aromatic N) is 2. The van der Waals surface area contributed by atoms with E-state index in [1.165, 1.54) is 7.11 Å². The smallest absolute Gasteiger partial charge is 0.319 e. The molecule has 66 valence electrons. The van der Waals surface area contributed by atoms with Gasteiger partial charge in [0.2, 0.25) is 0 Å². The van der Waals surface area contributed by atoms with Gasteiger partial charge in [0.05, 0.1) is 7.11 Å². The molecule has 0 saturated heterocycles. The lowest BCUT2D eigenvalue weighted by atomic mass is 10.5. The number of methoxy groups -OCH3 is 1. The quantitative estimate of drug-likeness (QED) is 0.730. The lowest BCUT2D eigenvalue weighted by molar-refractivity contribution is 0.380. The number of ether oxygens (including phenoxy) is 1. The summed E-state index contributed by atoms with van der Waals surface area (Å²) in [6, 6.07) is 1.92. The molecule has 0 saturated carbocycles. The summed E-state index contributed by atoms with van der Waals surface area (Å²) >= 11 is 5.69. The molecule has 0 aliphatic carbocycles. The minimum absolute atomic E-state index is 0.276. The molecule has 4 nitrogen and oxygen atoms in total. The predicted molar refractivity (Wildman–Crippen MR) is 47.8 cm³/mol. The van der Waals surface area contributed by atoms with Crippen molar-refractivity contribution in [2.75, 3.05) is 19.0 Å². The maximum Gasteiger partial charge on any atom is 0.319 e. The Morgan fingerprint density at radius 2 is 2.33 bits per heavy atom. The van der Waals surface area contributed by atoms with Gasteiger partial charge in [-0.1, -0.05) is 11.6 Å². The second-order valence-electron chi connectivity index (χ2n) is 2.09. The molecule has 1 aromatic rings. The van der Waals surface area contributed by atoms with E-state index in [0.717, 1.165) is 6.54 Å². The highest BCUT2D eigenvalue weighted by Gasteiger charge is 2.00. The van der Waals surface area contributed by atoms with Gasteiger partial charge in [-0.05, 0) is 6.92 Å². The van der Waals surface area contributed by atoms with E-state index in [2.05, 4.69) is 15.3 Å². The van der Waals surface area contributed by atoms with Crippen LogP contribution in [0.3, 0.4) is 0 Å². The van der Waals surface area contributed by atoms with Gasteiger partial charge in [0.15, 0.2) is 0 Å². The lowest BCUT2D eigenvalue weighted by Crippen LogP contribution is -2.01. The summed E-state index contributed by atoms with van der Waals surface area (Å²) in [5, 5.41) is 3.38. The second-order valence-corrected chi connectivity index (χ2v) is 2.48. The van der Waals surface area contributed by atoms with Gasteiger partial charge in [0.1, 0.15) is 11.0 Å². The standard InChI is InChI=1S/C7H10ClN3O/c1-3-9-6-4-5(8)10-7(11-6)12-2/h4H,3H2,1-2H3,(H,9,10,11). The number of anilines is 1. The molecule has 1 aromatic heterocycles. The number of rotatable bonds is 3. The normalized spacial score (nSPS) is 9.58. The Hall–Kier alpha value is -1.03. The zero-order chi connectivity index (χ0) is 8.97. The summed E-state index contributed by atoms with van der Waals surface area (Å²) in [6.45, 7) is 2.76. The van der Waals surface area contributed by atoms with E-state index in [1.807, 2.05) is 6.92 Å². The number of hydrogen-bond acceptors (Lipinski definition) is 4. The van der Waals surface area contributed by atoms with Gasteiger partial charge in [-0.15, -0.1) is 0 Å². The summed E-state index contributed by atoms with van der Waals surface area (Å²) in [4.78, 5) is 7.84. The van der Waals surface area contributed by atoms with Gasteiger partial charge in [0, 0.05) is 12.6 Å². The molecular formula is C7H10ClN3O. The van der Waals surface area contributed by atoms with E-state index < -0.39 is 0 Å². The minimum Gasteiger partial charge on any atom is -0.467 e. The van der Waals surface area contributed by atoms with Crippen molar-refractivity contribution in [3.63, 3.8) is 0 Å². The average Bonchev–Trinajstić information content (AvgIpc) is 2.04. The fourth-order valence-corrected chi connectivity index (χ4v) is 0.935. The van der Waals surface area contributed by atoms with Crippen LogP contribution in [0.2, 0.25) is 5.15 Å². The summed E-state index contributed by atoms with van der Waals surface area (Å²) in [5.41, 5.74) is 0. The Bertz CT molecular complexity index is 267. The van der Waals surface area contributed by atoms with E-state index in [0.29, 0.717) is 11.0 Å². The molecule has 0 fully saturated rings. The highest BCUT2D eigenvalue weighted by molar-refractivity contribution is 6.29. The van der Waals surface area contributed by atoms with Crippen LogP contribution in [-0.2, 0) is 0 Å². The van der Waals surface area contributed by atoms with Crippen LogP contribution in [0, 0.1) is 0 Å². The van der Waals surface area contributed by atoms with Crippen molar-refractivity contribution in [2.45, 2.75) is 6.92 Å². The fraction of sp³-hybridized carbons (Fsp3) is 0.429. The van der Waals surface area contributed by atoms with Gasteiger partial charge < -0.3 is 10.1 Å². The molecule has 1 rings (SSSR count). The van der Waals surface area contributed by atoms with Gasteiger partial charge in [-0.25, -0.2) is 0 Å². The first-order valence-electron chi connectivity index (χ1n) is 3.58. The Balaban J connectivity index is 2.90. The molecule has 0 radical (unpaired) electrons. The van der Waals surface area contributed by atoms with Crippen LogP contribution in [0.4, 0.5) is 5.82 Å². The number of halogens is 1. The van der Waals surface area contributed by atoms with Crippen molar-refractivity contribution in [2.24, 2.45) is 0 Å². The van der Waals surface area contributed by atoms with Crippen molar-refractivity contribution in [3.8, 4) is 6.01 Å². The third-order valence-electron chi connectivity index (χ3n) is 1.21. The Kier molecular flexibility index (Phi) is 3.10. The first-order valence-corrected chi connectivity index (χ1v) is 3.96. The second kappa shape index (κ2) is 4.11. The van der Waals surface area contributed by atoms with E-state index in [-0.39, 0.29) is 6.01 Å². The van der Waals surface area contributed by atoms with Gasteiger partial charge in [-0.2, -0.15) is 9.97 Å². The molecule has 5 heteroatoms. The van der Waals surface area contributed by atoms with Crippen LogP contribution in [0.1, 0.15) is 6.92 Å². The van der Waals surface area contributed by atoms with Crippen LogP contribution in [0.5, 0.6) is 6.01 Å². The highest BCUT2D eigenvalue weighted by Crippen LogP contribution is 2.14. The van der Waals surface area contributed by atoms with E-state index >= 15 is 0 Å². The van der Waals surface area contributed by atoms with Crippen LogP contribution < -0.4 is 10.1 Å². The summed E-state index contributed by atoms with van der Waals surface area (Å²) in [7, 11) is 1.50. The van der Waals surface area contributed by atoms with Crippen molar-refractivity contribution >= 4 is 17.4 Å². The molecular weight excluding hydrogens is 178 g/mol. The topological polar surface area (TPSA) is 47.0 Å². The third kappa shape index (κ3) is 2.23. The summed E-state index contributed by atoms with van der Waals surface area (Å²) < 4.78 is 4.84. The predicted octanol–water partition coefficient (Wildman–Crippen LogP) is 1.57. The first-order chi connectivity index (χ1) is 5.76. The molecule has 0 aliphatic rings. The van der Waals surface area contributed by atoms with Crippen molar-refractivity contribution in [1.82, 2.24) is 9.97 Å². The molecule has 0 atom stereocenters. The Morgan fingerprint density at radius 1 is 1.58 bits per heavy atom. The molecule has 0 spiro atoms. The Labute approximate surface area is 75.9 Å². The largest absolute Gasteiger partial charge is 0.467 e. The van der Waals surface area contributed by atoms with Crippen molar-refractivity contribution in [1.29, 1.82) is 0 Å². The molecule has 0 unspecified atom stereocenters. The molecule has 12 heavy (non-hydrogen) atoms. The first kappa shape index (κ1) is 9.06. The van der Waals surface area contributed by atoms with Gasteiger partial charge in [0.25, 0.3) is 0 Å². The number of nitrogens with one attached hydrogen (secondary N) is 1. The van der Waals surface area contributed by atoms with Crippen LogP contribution in [0.15, 0.2) is 6.07 Å². The van der Waals surface area contributed by atoms with Crippen LogP contribution >= 0.6 is 11.6 Å². The van der Waals surface area contributed by atoms with Crippen molar-refractivity contribution in [3.05, 3.63) is 11.2 Å². The van der Waals surface area contributed by atoms with Crippen molar-refractivity contribution < 1.29 is 4.74 Å². The molecule has 0 aromatic carbocycles. The molecule has 0 aliphatic heterocycles. The van der Waals surface area contributed by atoms with Gasteiger partial charge >= 0.3 is 6.01 Å². The molecule has 1 heterocycles. The highest BCUT2D eigenvalue weighted by atomic mass is 35.5.